The average molecular weight is 323 g/mol. The molecule has 0 radical (unpaired) electrons. The van der Waals surface area contributed by atoms with Crippen LogP contribution < -0.4 is 15.7 Å². The fourth-order valence-electron chi connectivity index (χ4n) is 2.44. The van der Waals surface area contributed by atoms with Gasteiger partial charge in [0, 0.05) is 10.9 Å². The Morgan fingerprint density at radius 1 is 1.08 bits per heavy atom. The molecule has 1 heterocycles. The zero-order valence-electron chi connectivity index (χ0n) is 13.7. The minimum Gasteiger partial charge on any atom is -0.493 e. The fraction of sp³-hybridized carbons (Fsp3) is 0.158. The molecule has 1 aromatic heterocycles. The lowest BCUT2D eigenvalue weighted by atomic mass is 10.1. The summed E-state index contributed by atoms with van der Waals surface area (Å²) in [7, 11) is 1.50. The van der Waals surface area contributed by atoms with E-state index in [1.165, 1.54) is 7.11 Å². The maximum Gasteiger partial charge on any atom is 0.360 e. The molecule has 2 aromatic carbocycles. The highest BCUT2D eigenvalue weighted by Crippen LogP contribution is 2.25. The fourth-order valence-corrected chi connectivity index (χ4v) is 2.44. The number of hydrogen-bond donors (Lipinski definition) is 1. The molecule has 0 bridgehead atoms. The second kappa shape index (κ2) is 6.20. The van der Waals surface area contributed by atoms with Gasteiger partial charge in [0.15, 0.2) is 11.3 Å². The molecule has 5 heteroatoms. The van der Waals surface area contributed by atoms with E-state index in [0.717, 1.165) is 11.1 Å². The number of benzene rings is 2. The van der Waals surface area contributed by atoms with Crippen molar-refractivity contribution in [1.82, 2.24) is 0 Å². The number of hydrogen-bond acceptors (Lipinski definition) is 4. The molecule has 0 spiro atoms. The molecule has 24 heavy (non-hydrogen) atoms. The number of anilines is 1. The van der Waals surface area contributed by atoms with Crippen molar-refractivity contribution in [2.24, 2.45) is 0 Å². The van der Waals surface area contributed by atoms with E-state index in [1.54, 1.807) is 36.4 Å². The third kappa shape index (κ3) is 2.88. The van der Waals surface area contributed by atoms with Gasteiger partial charge in [-0.15, -0.1) is 0 Å². The first-order valence-electron chi connectivity index (χ1n) is 7.49. The molecule has 0 atom stereocenters. The maximum atomic E-state index is 12.4. The van der Waals surface area contributed by atoms with Crippen LogP contribution in [-0.2, 0) is 0 Å². The van der Waals surface area contributed by atoms with Crippen LogP contribution in [0.4, 0.5) is 5.69 Å². The Labute approximate surface area is 138 Å². The van der Waals surface area contributed by atoms with Crippen molar-refractivity contribution in [1.29, 1.82) is 0 Å². The number of rotatable bonds is 3. The van der Waals surface area contributed by atoms with Crippen LogP contribution >= 0.6 is 0 Å². The van der Waals surface area contributed by atoms with Crippen LogP contribution in [-0.4, -0.2) is 13.0 Å². The van der Waals surface area contributed by atoms with Gasteiger partial charge in [-0.25, -0.2) is 4.79 Å². The summed E-state index contributed by atoms with van der Waals surface area (Å²) in [5, 5.41) is 3.29. The van der Waals surface area contributed by atoms with E-state index in [2.05, 4.69) is 5.32 Å². The molecular weight excluding hydrogens is 306 g/mol. The van der Waals surface area contributed by atoms with Crippen molar-refractivity contribution in [3.63, 3.8) is 0 Å². The van der Waals surface area contributed by atoms with Crippen molar-refractivity contribution in [3.05, 3.63) is 69.6 Å². The molecule has 0 saturated heterocycles. The maximum absolute atomic E-state index is 12.4. The van der Waals surface area contributed by atoms with Crippen LogP contribution in [0.2, 0.25) is 0 Å². The number of ether oxygens (including phenoxy) is 1. The highest BCUT2D eigenvalue weighted by Gasteiger charge is 2.13. The molecule has 0 aliphatic carbocycles. The molecule has 1 N–H and O–H groups in total. The summed E-state index contributed by atoms with van der Waals surface area (Å²) in [5.41, 5.74) is 2.43. The van der Waals surface area contributed by atoms with Gasteiger partial charge in [-0.3, -0.25) is 4.79 Å². The lowest BCUT2D eigenvalue weighted by Crippen LogP contribution is -2.18. The molecule has 122 valence electrons. The molecule has 0 unspecified atom stereocenters. The molecule has 3 rings (SSSR count). The first-order chi connectivity index (χ1) is 11.5. The van der Waals surface area contributed by atoms with Crippen LogP contribution in [0.3, 0.4) is 0 Å². The second-order valence-corrected chi connectivity index (χ2v) is 5.58. The van der Waals surface area contributed by atoms with Crippen molar-refractivity contribution >= 4 is 22.6 Å². The summed E-state index contributed by atoms with van der Waals surface area (Å²) in [6.45, 7) is 3.91. The van der Waals surface area contributed by atoms with Gasteiger partial charge in [-0.1, -0.05) is 18.2 Å². The Morgan fingerprint density at radius 3 is 2.58 bits per heavy atom. The van der Waals surface area contributed by atoms with Gasteiger partial charge in [0.1, 0.15) is 5.69 Å². The summed E-state index contributed by atoms with van der Waals surface area (Å²) in [6, 6.07) is 12.3. The summed E-state index contributed by atoms with van der Waals surface area (Å²) in [4.78, 5) is 24.5. The van der Waals surface area contributed by atoms with Crippen molar-refractivity contribution in [2.45, 2.75) is 13.8 Å². The Hall–Kier alpha value is -3.08. The van der Waals surface area contributed by atoms with Gasteiger partial charge in [0.2, 0.25) is 0 Å². The quantitative estimate of drug-likeness (QED) is 0.747. The van der Waals surface area contributed by atoms with Gasteiger partial charge < -0.3 is 14.5 Å². The lowest BCUT2D eigenvalue weighted by molar-refractivity contribution is 0.102. The third-order valence-corrected chi connectivity index (χ3v) is 3.96. The Balaban J connectivity index is 1.97. The van der Waals surface area contributed by atoms with Crippen molar-refractivity contribution in [2.75, 3.05) is 12.4 Å². The van der Waals surface area contributed by atoms with Crippen LogP contribution in [0.5, 0.6) is 5.75 Å². The molecule has 0 aliphatic rings. The molecule has 0 saturated carbocycles. The number of nitrogens with one attached hydrogen (secondary N) is 1. The standard InChI is InChI=1S/C19H17NO4/c1-11-7-8-14(9-12(11)2)18(21)20-15-10-13-5-4-6-16(23-3)17(13)24-19(15)22/h4-10H,1-3H3,(H,20,21). The van der Waals surface area contributed by atoms with Gasteiger partial charge in [-0.2, -0.15) is 0 Å². The number of fused-ring (bicyclic) bond motifs is 1. The largest absolute Gasteiger partial charge is 0.493 e. The number of carbonyl (C=O) groups excluding carboxylic acids is 1. The number of methoxy groups -OCH3 is 1. The van der Waals surface area contributed by atoms with E-state index in [-0.39, 0.29) is 11.6 Å². The highest BCUT2D eigenvalue weighted by molar-refractivity contribution is 6.05. The molecule has 5 nitrogen and oxygen atoms in total. The smallest absolute Gasteiger partial charge is 0.360 e. The molecule has 3 aromatic rings. The Bertz CT molecular complexity index is 988. The first kappa shape index (κ1) is 15.8. The minimum atomic E-state index is -0.621. The summed E-state index contributed by atoms with van der Waals surface area (Å²) >= 11 is 0. The highest BCUT2D eigenvalue weighted by atomic mass is 16.5. The van der Waals surface area contributed by atoms with Crippen LogP contribution in [0.25, 0.3) is 11.0 Å². The SMILES string of the molecule is COc1cccc2cc(NC(=O)c3ccc(C)c(C)c3)c(=O)oc12. The molecular formula is C19H17NO4. The van der Waals surface area contributed by atoms with E-state index in [4.69, 9.17) is 9.15 Å². The van der Waals surface area contributed by atoms with E-state index < -0.39 is 5.63 Å². The van der Waals surface area contributed by atoms with Gasteiger partial charge in [0.25, 0.3) is 5.91 Å². The molecule has 0 fully saturated rings. The van der Waals surface area contributed by atoms with E-state index in [1.807, 2.05) is 19.9 Å². The Morgan fingerprint density at radius 2 is 1.88 bits per heavy atom. The monoisotopic (exact) mass is 323 g/mol. The topological polar surface area (TPSA) is 68.5 Å². The van der Waals surface area contributed by atoms with E-state index in [0.29, 0.717) is 22.3 Å². The van der Waals surface area contributed by atoms with Gasteiger partial charge in [0.05, 0.1) is 7.11 Å². The van der Waals surface area contributed by atoms with Crippen molar-refractivity contribution in [3.8, 4) is 5.75 Å². The minimum absolute atomic E-state index is 0.0963. The van der Waals surface area contributed by atoms with E-state index in [9.17, 15) is 9.59 Å². The van der Waals surface area contributed by atoms with Gasteiger partial charge in [-0.05, 0) is 49.2 Å². The van der Waals surface area contributed by atoms with Crippen molar-refractivity contribution < 1.29 is 13.9 Å². The number of aryl methyl sites for hydroxylation is 2. The predicted molar refractivity (Wildman–Crippen MR) is 92.9 cm³/mol. The number of para-hydroxylation sites is 1. The Kier molecular flexibility index (Phi) is 4.08. The second-order valence-electron chi connectivity index (χ2n) is 5.58. The first-order valence-corrected chi connectivity index (χ1v) is 7.49. The predicted octanol–water partition coefficient (Wildman–Crippen LogP) is 3.67. The number of carbonyl (C=O) groups is 1. The average Bonchev–Trinajstić information content (AvgIpc) is 2.57. The summed E-state index contributed by atoms with van der Waals surface area (Å²) in [6.07, 6.45) is 0. The lowest BCUT2D eigenvalue weighted by Gasteiger charge is -2.08. The van der Waals surface area contributed by atoms with Gasteiger partial charge >= 0.3 is 5.63 Å². The summed E-state index contributed by atoms with van der Waals surface area (Å²) in [5.74, 6) is 0.115. The normalized spacial score (nSPS) is 10.6. The molecule has 0 aliphatic heterocycles. The molecule has 1 amide bonds. The third-order valence-electron chi connectivity index (χ3n) is 3.96. The van der Waals surface area contributed by atoms with Crippen LogP contribution in [0, 0.1) is 13.8 Å². The summed E-state index contributed by atoms with van der Waals surface area (Å²) < 4.78 is 10.5. The van der Waals surface area contributed by atoms with Crippen LogP contribution in [0.15, 0.2) is 51.7 Å². The number of amides is 1. The zero-order valence-corrected chi connectivity index (χ0v) is 13.7. The van der Waals surface area contributed by atoms with Crippen LogP contribution in [0.1, 0.15) is 21.5 Å². The van der Waals surface area contributed by atoms with E-state index >= 15 is 0 Å². The zero-order chi connectivity index (χ0) is 17.3.